The number of carbonyl (C=O) groups excluding carboxylic acids is 1. The number of amides is 1. The predicted molar refractivity (Wildman–Crippen MR) is 83.7 cm³/mol. The molecule has 20 heavy (non-hydrogen) atoms. The Morgan fingerprint density at radius 2 is 1.90 bits per heavy atom. The zero-order valence-corrected chi connectivity index (χ0v) is 13.5. The SMILES string of the molecule is CCOc1ccc(C(=O)NCC(Cl)CC(C)(C)C)cc1. The molecule has 0 fully saturated rings. The maximum absolute atomic E-state index is 12.0. The first-order valence-corrected chi connectivity index (χ1v) is 7.40. The van der Waals surface area contributed by atoms with Crippen LogP contribution in [-0.4, -0.2) is 24.4 Å². The van der Waals surface area contributed by atoms with Gasteiger partial charge in [0.25, 0.3) is 5.91 Å². The van der Waals surface area contributed by atoms with Crippen molar-refractivity contribution in [3.8, 4) is 5.75 Å². The normalized spacial score (nSPS) is 12.8. The van der Waals surface area contributed by atoms with Crippen molar-refractivity contribution < 1.29 is 9.53 Å². The van der Waals surface area contributed by atoms with Gasteiger partial charge in [-0.1, -0.05) is 20.8 Å². The van der Waals surface area contributed by atoms with Gasteiger partial charge in [0.05, 0.1) is 12.0 Å². The van der Waals surface area contributed by atoms with Gasteiger partial charge in [-0.05, 0) is 43.0 Å². The van der Waals surface area contributed by atoms with Crippen molar-refractivity contribution in [1.82, 2.24) is 5.32 Å². The first-order valence-electron chi connectivity index (χ1n) is 6.97. The lowest BCUT2D eigenvalue weighted by molar-refractivity contribution is 0.0952. The number of rotatable bonds is 6. The summed E-state index contributed by atoms with van der Waals surface area (Å²) in [5, 5.41) is 2.81. The second kappa shape index (κ2) is 7.53. The van der Waals surface area contributed by atoms with E-state index >= 15 is 0 Å². The van der Waals surface area contributed by atoms with Crippen LogP contribution < -0.4 is 10.1 Å². The lowest BCUT2D eigenvalue weighted by atomic mass is 9.90. The summed E-state index contributed by atoms with van der Waals surface area (Å²) in [6.45, 7) is 9.43. The second-order valence-electron chi connectivity index (χ2n) is 6.03. The monoisotopic (exact) mass is 297 g/mol. The molecule has 0 heterocycles. The number of ether oxygens (including phenoxy) is 1. The molecule has 1 N–H and O–H groups in total. The summed E-state index contributed by atoms with van der Waals surface area (Å²) in [7, 11) is 0. The van der Waals surface area contributed by atoms with Crippen LogP contribution in [0.15, 0.2) is 24.3 Å². The molecule has 4 heteroatoms. The van der Waals surface area contributed by atoms with Gasteiger partial charge in [0, 0.05) is 12.1 Å². The number of carbonyl (C=O) groups is 1. The number of alkyl halides is 1. The maximum Gasteiger partial charge on any atom is 0.251 e. The van der Waals surface area contributed by atoms with E-state index in [0.29, 0.717) is 18.7 Å². The summed E-state index contributed by atoms with van der Waals surface area (Å²) in [5.74, 6) is 0.666. The average Bonchev–Trinajstić information content (AvgIpc) is 2.35. The van der Waals surface area contributed by atoms with Gasteiger partial charge in [-0.15, -0.1) is 11.6 Å². The zero-order chi connectivity index (χ0) is 15.2. The number of benzene rings is 1. The first kappa shape index (κ1) is 16.8. The fourth-order valence-electron chi connectivity index (χ4n) is 1.91. The first-order chi connectivity index (χ1) is 9.31. The van der Waals surface area contributed by atoms with Crippen LogP contribution in [-0.2, 0) is 0 Å². The molecule has 0 radical (unpaired) electrons. The van der Waals surface area contributed by atoms with E-state index < -0.39 is 0 Å². The van der Waals surface area contributed by atoms with E-state index in [1.165, 1.54) is 0 Å². The summed E-state index contributed by atoms with van der Waals surface area (Å²) in [4.78, 5) is 12.0. The third-order valence-electron chi connectivity index (χ3n) is 2.75. The number of halogens is 1. The number of hydrogen-bond donors (Lipinski definition) is 1. The van der Waals surface area contributed by atoms with Gasteiger partial charge in [-0.25, -0.2) is 0 Å². The van der Waals surface area contributed by atoms with Crippen LogP contribution in [0.2, 0.25) is 0 Å². The lowest BCUT2D eigenvalue weighted by Crippen LogP contribution is -2.31. The van der Waals surface area contributed by atoms with Crippen LogP contribution in [0.1, 0.15) is 44.5 Å². The van der Waals surface area contributed by atoms with Gasteiger partial charge < -0.3 is 10.1 Å². The van der Waals surface area contributed by atoms with Crippen molar-refractivity contribution in [3.05, 3.63) is 29.8 Å². The zero-order valence-electron chi connectivity index (χ0n) is 12.7. The highest BCUT2D eigenvalue weighted by molar-refractivity contribution is 6.21. The van der Waals surface area contributed by atoms with Gasteiger partial charge in [-0.2, -0.15) is 0 Å². The highest BCUT2D eigenvalue weighted by atomic mass is 35.5. The summed E-state index contributed by atoms with van der Waals surface area (Å²) in [6, 6.07) is 7.11. The molecular weight excluding hydrogens is 274 g/mol. The van der Waals surface area contributed by atoms with Crippen molar-refractivity contribution >= 4 is 17.5 Å². The molecule has 1 atom stereocenters. The molecule has 0 aliphatic heterocycles. The molecule has 1 unspecified atom stereocenters. The van der Waals surface area contributed by atoms with E-state index in [2.05, 4.69) is 26.1 Å². The Bertz CT molecular complexity index is 423. The lowest BCUT2D eigenvalue weighted by Gasteiger charge is -2.22. The van der Waals surface area contributed by atoms with Gasteiger partial charge in [0.1, 0.15) is 5.75 Å². The van der Waals surface area contributed by atoms with Crippen molar-refractivity contribution in [1.29, 1.82) is 0 Å². The molecule has 0 aromatic heterocycles. The Morgan fingerprint density at radius 1 is 1.30 bits per heavy atom. The molecule has 0 bridgehead atoms. The maximum atomic E-state index is 12.0. The van der Waals surface area contributed by atoms with Crippen molar-refractivity contribution in [3.63, 3.8) is 0 Å². The minimum atomic E-state index is -0.104. The molecule has 0 spiro atoms. The van der Waals surface area contributed by atoms with Crippen LogP contribution in [0, 0.1) is 5.41 Å². The summed E-state index contributed by atoms with van der Waals surface area (Å²) >= 11 is 6.23. The van der Waals surface area contributed by atoms with E-state index in [9.17, 15) is 4.79 Å². The molecule has 0 aliphatic rings. The van der Waals surface area contributed by atoms with Gasteiger partial charge in [-0.3, -0.25) is 4.79 Å². The molecule has 3 nitrogen and oxygen atoms in total. The molecule has 0 saturated carbocycles. The van der Waals surface area contributed by atoms with Crippen molar-refractivity contribution in [2.24, 2.45) is 5.41 Å². The Kier molecular flexibility index (Phi) is 6.34. The second-order valence-corrected chi connectivity index (χ2v) is 6.65. The van der Waals surface area contributed by atoms with Gasteiger partial charge in [0.2, 0.25) is 0 Å². The molecule has 1 amide bonds. The van der Waals surface area contributed by atoms with Crippen LogP contribution in [0.4, 0.5) is 0 Å². The molecule has 0 saturated heterocycles. The van der Waals surface area contributed by atoms with Crippen LogP contribution in [0.3, 0.4) is 0 Å². The van der Waals surface area contributed by atoms with Crippen molar-refractivity contribution in [2.75, 3.05) is 13.2 Å². The molecule has 1 aromatic rings. The van der Waals surface area contributed by atoms with E-state index in [1.807, 2.05) is 6.92 Å². The van der Waals surface area contributed by atoms with Crippen LogP contribution >= 0.6 is 11.6 Å². The Hall–Kier alpha value is -1.22. The van der Waals surface area contributed by atoms with Gasteiger partial charge in [0.15, 0.2) is 0 Å². The van der Waals surface area contributed by atoms with Gasteiger partial charge >= 0.3 is 0 Å². The third kappa shape index (κ3) is 6.29. The fourth-order valence-corrected chi connectivity index (χ4v) is 2.45. The van der Waals surface area contributed by atoms with E-state index in [0.717, 1.165) is 12.2 Å². The highest BCUT2D eigenvalue weighted by Crippen LogP contribution is 2.23. The number of hydrogen-bond acceptors (Lipinski definition) is 2. The topological polar surface area (TPSA) is 38.3 Å². The Labute approximate surface area is 126 Å². The predicted octanol–water partition coefficient (Wildman–Crippen LogP) is 3.86. The third-order valence-corrected chi connectivity index (χ3v) is 3.05. The minimum Gasteiger partial charge on any atom is -0.494 e. The van der Waals surface area contributed by atoms with E-state index in [-0.39, 0.29) is 16.7 Å². The summed E-state index contributed by atoms with van der Waals surface area (Å²) in [6.07, 6.45) is 0.859. The highest BCUT2D eigenvalue weighted by Gasteiger charge is 2.17. The fraction of sp³-hybridized carbons (Fsp3) is 0.562. The summed E-state index contributed by atoms with van der Waals surface area (Å²) < 4.78 is 5.34. The quantitative estimate of drug-likeness (QED) is 0.810. The molecule has 1 rings (SSSR count). The molecular formula is C16H24ClNO2. The van der Waals surface area contributed by atoms with E-state index in [1.54, 1.807) is 24.3 Å². The smallest absolute Gasteiger partial charge is 0.251 e. The largest absolute Gasteiger partial charge is 0.494 e. The van der Waals surface area contributed by atoms with Crippen LogP contribution in [0.5, 0.6) is 5.75 Å². The standard InChI is InChI=1S/C16H24ClNO2/c1-5-20-14-8-6-12(7-9-14)15(19)18-11-13(17)10-16(2,3)4/h6-9,13H,5,10-11H2,1-4H3,(H,18,19). The Balaban J connectivity index is 2.46. The van der Waals surface area contributed by atoms with E-state index in [4.69, 9.17) is 16.3 Å². The van der Waals surface area contributed by atoms with Crippen LogP contribution in [0.25, 0.3) is 0 Å². The molecule has 1 aromatic carbocycles. The minimum absolute atomic E-state index is 0.0540. The van der Waals surface area contributed by atoms with Crippen molar-refractivity contribution in [2.45, 2.75) is 39.5 Å². The number of nitrogens with one attached hydrogen (secondary N) is 1. The molecule has 0 aliphatic carbocycles. The Morgan fingerprint density at radius 3 is 2.40 bits per heavy atom. The molecule has 112 valence electrons. The summed E-state index contributed by atoms with van der Waals surface area (Å²) in [5.41, 5.74) is 0.782. The average molecular weight is 298 g/mol.